The van der Waals surface area contributed by atoms with Gasteiger partial charge in [0.2, 0.25) is 5.91 Å². The summed E-state index contributed by atoms with van der Waals surface area (Å²) in [4.78, 5) is 13.8. The van der Waals surface area contributed by atoms with Gasteiger partial charge >= 0.3 is 0 Å². The van der Waals surface area contributed by atoms with E-state index in [-0.39, 0.29) is 12.5 Å². The number of nitrogens with one attached hydrogen (secondary N) is 2. The van der Waals surface area contributed by atoms with E-state index >= 15 is 0 Å². The SMILES string of the molecule is CC(C)CN(CC(=O)NCC#N)CC1CCCN1. The fourth-order valence-electron chi connectivity index (χ4n) is 2.34. The summed E-state index contributed by atoms with van der Waals surface area (Å²) in [6, 6.07) is 2.43. The fraction of sp³-hybridized carbons (Fsp3) is 0.846. The predicted octanol–water partition coefficient (Wildman–Crippen LogP) is 0.336. The van der Waals surface area contributed by atoms with Gasteiger partial charge in [-0.2, -0.15) is 5.26 Å². The molecule has 5 nitrogen and oxygen atoms in total. The molecule has 5 heteroatoms. The number of amides is 1. The van der Waals surface area contributed by atoms with E-state index in [4.69, 9.17) is 5.26 Å². The van der Waals surface area contributed by atoms with Crippen LogP contribution in [0.1, 0.15) is 26.7 Å². The molecule has 0 bridgehead atoms. The first-order valence-corrected chi connectivity index (χ1v) is 6.71. The number of carbonyl (C=O) groups excluding carboxylic acids is 1. The number of carbonyl (C=O) groups is 1. The van der Waals surface area contributed by atoms with Crippen molar-refractivity contribution in [2.75, 3.05) is 32.7 Å². The third kappa shape index (κ3) is 5.99. The molecule has 0 spiro atoms. The van der Waals surface area contributed by atoms with Gasteiger partial charge in [-0.05, 0) is 25.3 Å². The van der Waals surface area contributed by atoms with Crippen molar-refractivity contribution in [3.8, 4) is 6.07 Å². The molecular formula is C13H24N4O. The lowest BCUT2D eigenvalue weighted by Gasteiger charge is -2.26. The molecule has 0 aromatic carbocycles. The number of rotatable bonds is 7. The van der Waals surface area contributed by atoms with Gasteiger partial charge in [-0.1, -0.05) is 13.8 Å². The van der Waals surface area contributed by atoms with Gasteiger partial charge in [0.15, 0.2) is 0 Å². The van der Waals surface area contributed by atoms with E-state index in [9.17, 15) is 4.79 Å². The Hall–Kier alpha value is -1.12. The van der Waals surface area contributed by atoms with Crippen molar-refractivity contribution in [1.82, 2.24) is 15.5 Å². The number of nitrogens with zero attached hydrogens (tertiary/aromatic N) is 2. The fourth-order valence-corrected chi connectivity index (χ4v) is 2.34. The largest absolute Gasteiger partial charge is 0.342 e. The Balaban J connectivity index is 2.38. The zero-order valence-electron chi connectivity index (χ0n) is 11.4. The van der Waals surface area contributed by atoms with Gasteiger partial charge in [-0.15, -0.1) is 0 Å². The van der Waals surface area contributed by atoms with Crippen LogP contribution in [0.25, 0.3) is 0 Å². The third-order valence-corrected chi connectivity index (χ3v) is 3.00. The van der Waals surface area contributed by atoms with Crippen LogP contribution < -0.4 is 10.6 Å². The van der Waals surface area contributed by atoms with Gasteiger partial charge in [-0.25, -0.2) is 0 Å². The maximum atomic E-state index is 11.6. The highest BCUT2D eigenvalue weighted by atomic mass is 16.2. The average Bonchev–Trinajstić information content (AvgIpc) is 2.78. The van der Waals surface area contributed by atoms with Crippen LogP contribution in [0.15, 0.2) is 0 Å². The Morgan fingerprint density at radius 1 is 1.61 bits per heavy atom. The highest BCUT2D eigenvalue weighted by Gasteiger charge is 2.20. The predicted molar refractivity (Wildman–Crippen MR) is 70.9 cm³/mol. The van der Waals surface area contributed by atoms with Crippen molar-refractivity contribution >= 4 is 5.91 Å². The maximum Gasteiger partial charge on any atom is 0.235 e. The molecular weight excluding hydrogens is 228 g/mol. The van der Waals surface area contributed by atoms with Crippen LogP contribution in [0.2, 0.25) is 0 Å². The second-order valence-corrected chi connectivity index (χ2v) is 5.32. The molecule has 102 valence electrons. The molecule has 0 radical (unpaired) electrons. The summed E-state index contributed by atoms with van der Waals surface area (Å²) < 4.78 is 0. The van der Waals surface area contributed by atoms with Crippen LogP contribution in [0.4, 0.5) is 0 Å². The van der Waals surface area contributed by atoms with Crippen molar-refractivity contribution < 1.29 is 4.79 Å². The van der Waals surface area contributed by atoms with E-state index in [1.54, 1.807) is 0 Å². The van der Waals surface area contributed by atoms with Crippen molar-refractivity contribution in [3.63, 3.8) is 0 Å². The van der Waals surface area contributed by atoms with Gasteiger partial charge in [0.25, 0.3) is 0 Å². The van der Waals surface area contributed by atoms with Gasteiger partial charge in [0.1, 0.15) is 6.54 Å². The lowest BCUT2D eigenvalue weighted by atomic mass is 10.1. The zero-order chi connectivity index (χ0) is 13.4. The van der Waals surface area contributed by atoms with Crippen molar-refractivity contribution in [2.45, 2.75) is 32.7 Å². The lowest BCUT2D eigenvalue weighted by Crippen LogP contribution is -2.44. The number of nitriles is 1. The summed E-state index contributed by atoms with van der Waals surface area (Å²) in [5, 5.41) is 14.5. The molecule has 1 rings (SSSR count). The molecule has 1 amide bonds. The Morgan fingerprint density at radius 3 is 2.94 bits per heavy atom. The second-order valence-electron chi connectivity index (χ2n) is 5.32. The Labute approximate surface area is 110 Å². The average molecular weight is 252 g/mol. The normalized spacial score (nSPS) is 19.2. The third-order valence-electron chi connectivity index (χ3n) is 3.00. The van der Waals surface area contributed by atoms with E-state index in [1.807, 2.05) is 6.07 Å². The molecule has 1 unspecified atom stereocenters. The quantitative estimate of drug-likeness (QED) is 0.641. The van der Waals surface area contributed by atoms with E-state index in [1.165, 1.54) is 12.8 Å². The van der Waals surface area contributed by atoms with Crippen LogP contribution in [-0.2, 0) is 4.79 Å². The monoisotopic (exact) mass is 252 g/mol. The zero-order valence-corrected chi connectivity index (χ0v) is 11.4. The van der Waals surface area contributed by atoms with E-state index < -0.39 is 0 Å². The molecule has 0 saturated carbocycles. The van der Waals surface area contributed by atoms with Crippen molar-refractivity contribution in [2.24, 2.45) is 5.92 Å². The van der Waals surface area contributed by atoms with Gasteiger partial charge < -0.3 is 10.6 Å². The summed E-state index contributed by atoms with van der Waals surface area (Å²) in [6.07, 6.45) is 2.41. The second kappa shape index (κ2) is 8.06. The first-order valence-electron chi connectivity index (χ1n) is 6.71. The van der Waals surface area contributed by atoms with Crippen LogP contribution in [0.3, 0.4) is 0 Å². The highest BCUT2D eigenvalue weighted by molar-refractivity contribution is 5.78. The van der Waals surface area contributed by atoms with E-state index in [0.29, 0.717) is 18.5 Å². The van der Waals surface area contributed by atoms with Crippen LogP contribution in [0.5, 0.6) is 0 Å². The molecule has 1 aliphatic rings. The number of hydrogen-bond donors (Lipinski definition) is 2. The Morgan fingerprint density at radius 2 is 2.39 bits per heavy atom. The van der Waals surface area contributed by atoms with Crippen molar-refractivity contribution in [3.05, 3.63) is 0 Å². The van der Waals surface area contributed by atoms with Gasteiger partial charge in [0.05, 0.1) is 12.6 Å². The number of hydrogen-bond acceptors (Lipinski definition) is 4. The van der Waals surface area contributed by atoms with Crippen LogP contribution in [-0.4, -0.2) is 49.6 Å². The minimum Gasteiger partial charge on any atom is -0.342 e. The smallest absolute Gasteiger partial charge is 0.235 e. The summed E-state index contributed by atoms with van der Waals surface area (Å²) in [6.45, 7) is 7.70. The first-order chi connectivity index (χ1) is 8.61. The minimum atomic E-state index is -0.0600. The maximum absolute atomic E-state index is 11.6. The van der Waals surface area contributed by atoms with Crippen LogP contribution >= 0.6 is 0 Å². The van der Waals surface area contributed by atoms with Crippen LogP contribution in [0, 0.1) is 17.2 Å². The topological polar surface area (TPSA) is 68.2 Å². The highest BCUT2D eigenvalue weighted by Crippen LogP contribution is 2.08. The molecule has 1 atom stereocenters. The molecule has 0 aromatic heterocycles. The molecule has 0 aromatic rings. The molecule has 1 fully saturated rings. The summed E-state index contributed by atoms with van der Waals surface area (Å²) in [7, 11) is 0. The summed E-state index contributed by atoms with van der Waals surface area (Å²) >= 11 is 0. The van der Waals surface area contributed by atoms with E-state index in [0.717, 1.165) is 19.6 Å². The van der Waals surface area contributed by atoms with E-state index in [2.05, 4.69) is 29.4 Å². The molecule has 0 aliphatic carbocycles. The molecule has 1 saturated heterocycles. The Kier molecular flexibility index (Phi) is 6.69. The standard InChI is InChI=1S/C13H24N4O/c1-11(2)8-17(9-12-4-3-6-15-12)10-13(18)16-7-5-14/h11-12,15H,3-4,6-10H2,1-2H3,(H,16,18). The molecule has 1 heterocycles. The van der Waals surface area contributed by atoms with Gasteiger partial charge in [0, 0.05) is 19.1 Å². The molecule has 1 aliphatic heterocycles. The van der Waals surface area contributed by atoms with Gasteiger partial charge in [-0.3, -0.25) is 9.69 Å². The summed E-state index contributed by atoms with van der Waals surface area (Å²) in [5.41, 5.74) is 0. The van der Waals surface area contributed by atoms with Crippen molar-refractivity contribution in [1.29, 1.82) is 5.26 Å². The Bertz CT molecular complexity index is 292. The lowest BCUT2D eigenvalue weighted by molar-refractivity contribution is -0.122. The first kappa shape index (κ1) is 14.9. The molecule has 2 N–H and O–H groups in total. The molecule has 18 heavy (non-hydrogen) atoms. The summed E-state index contributed by atoms with van der Waals surface area (Å²) in [5.74, 6) is 0.477. The minimum absolute atomic E-state index is 0.0600.